The van der Waals surface area contributed by atoms with Gasteiger partial charge in [-0.15, -0.1) is 0 Å². The first-order valence-electron chi connectivity index (χ1n) is 14.8. The summed E-state index contributed by atoms with van der Waals surface area (Å²) < 4.78 is 13.0. The van der Waals surface area contributed by atoms with Gasteiger partial charge in [-0.3, -0.25) is 14.4 Å². The molecule has 0 saturated carbocycles. The topological polar surface area (TPSA) is 94.8 Å². The predicted octanol–water partition coefficient (Wildman–Crippen LogP) is 7.88. The number of benzene rings is 4. The van der Waals surface area contributed by atoms with Gasteiger partial charge in [0.15, 0.2) is 0 Å². The fraction of sp³-hybridized carbons (Fsp3) is 0.216. The number of esters is 2. The third-order valence-corrected chi connectivity index (χ3v) is 8.05. The van der Waals surface area contributed by atoms with Crippen LogP contribution >= 0.6 is 11.6 Å². The van der Waals surface area contributed by atoms with Gasteiger partial charge in [-0.1, -0.05) is 84.4 Å². The molecule has 0 radical (unpaired) electrons. The Morgan fingerprint density at radius 3 is 2.13 bits per heavy atom. The number of carboxylic acids is 1. The van der Waals surface area contributed by atoms with Crippen molar-refractivity contribution in [2.24, 2.45) is 0 Å². The maximum Gasteiger partial charge on any atom is 0.311 e. The number of halogens is 1. The van der Waals surface area contributed by atoms with Gasteiger partial charge in [-0.25, -0.2) is 0 Å². The molecule has 0 aliphatic rings. The quantitative estimate of drug-likeness (QED) is 0.106. The molecule has 8 heteroatoms. The Morgan fingerprint density at radius 1 is 0.822 bits per heavy atom. The molecule has 1 aromatic heterocycles. The smallest absolute Gasteiger partial charge is 0.311 e. The van der Waals surface area contributed by atoms with E-state index in [0.29, 0.717) is 16.0 Å². The van der Waals surface area contributed by atoms with Crippen LogP contribution in [0.3, 0.4) is 0 Å². The summed E-state index contributed by atoms with van der Waals surface area (Å²) in [5, 5.41) is 11.1. The molecule has 5 rings (SSSR count). The number of ether oxygens (including phenoxy) is 2. The number of aromatic nitrogens is 1. The second kappa shape index (κ2) is 14.7. The Bertz CT molecular complexity index is 1780. The van der Waals surface area contributed by atoms with Crippen LogP contribution in [0.5, 0.6) is 5.75 Å². The minimum absolute atomic E-state index is 0.109. The molecule has 0 bridgehead atoms. The highest BCUT2D eigenvalue weighted by Crippen LogP contribution is 2.37. The number of carbonyl (C=O) groups excluding carboxylic acids is 2. The van der Waals surface area contributed by atoms with E-state index in [1.807, 2.05) is 85.8 Å². The van der Waals surface area contributed by atoms with Gasteiger partial charge in [0, 0.05) is 21.6 Å². The molecule has 1 unspecified atom stereocenters. The molecule has 1 heterocycles. The number of rotatable bonds is 13. The van der Waals surface area contributed by atoms with Crippen molar-refractivity contribution in [1.82, 2.24) is 4.57 Å². The summed E-state index contributed by atoms with van der Waals surface area (Å²) in [5.74, 6) is -1.75. The van der Waals surface area contributed by atoms with Crippen LogP contribution in [0.25, 0.3) is 10.9 Å². The van der Waals surface area contributed by atoms with Crippen molar-refractivity contribution in [2.75, 3.05) is 0 Å². The summed E-state index contributed by atoms with van der Waals surface area (Å²) in [6, 6.07) is 32.4. The van der Waals surface area contributed by atoms with Gasteiger partial charge in [-0.05, 0) is 72.4 Å². The van der Waals surface area contributed by atoms with Crippen molar-refractivity contribution >= 4 is 40.4 Å². The van der Waals surface area contributed by atoms with E-state index in [9.17, 15) is 19.5 Å². The van der Waals surface area contributed by atoms with Crippen LogP contribution in [-0.2, 0) is 38.6 Å². The highest BCUT2D eigenvalue weighted by atomic mass is 35.5. The van der Waals surface area contributed by atoms with Crippen molar-refractivity contribution in [3.8, 4) is 5.75 Å². The summed E-state index contributed by atoms with van der Waals surface area (Å²) in [5.41, 5.74) is 5.42. The van der Waals surface area contributed by atoms with E-state index in [-0.39, 0.29) is 37.7 Å². The summed E-state index contributed by atoms with van der Waals surface area (Å²) in [7, 11) is 0. The summed E-state index contributed by atoms with van der Waals surface area (Å²) in [6.07, 6.45) is 1.13. The average molecular weight is 624 g/mol. The first-order chi connectivity index (χ1) is 21.8. The molecule has 0 aliphatic heterocycles. The fourth-order valence-electron chi connectivity index (χ4n) is 5.60. The lowest BCUT2D eigenvalue weighted by Crippen LogP contribution is -2.14. The first-order valence-corrected chi connectivity index (χ1v) is 15.2. The van der Waals surface area contributed by atoms with E-state index in [1.165, 1.54) is 5.56 Å². The SMILES string of the molecule is Cc1c(CC(=O)O)c2cc(OC(=O)CCC(=O)OCc3ccccc3)ccc2n1C(CCc1ccccc1)c1ccc(Cl)cc1. The van der Waals surface area contributed by atoms with Crippen molar-refractivity contribution < 1.29 is 29.0 Å². The lowest BCUT2D eigenvalue weighted by molar-refractivity contribution is -0.148. The van der Waals surface area contributed by atoms with E-state index < -0.39 is 17.9 Å². The number of aliphatic carboxylic acids is 1. The maximum atomic E-state index is 12.7. The van der Waals surface area contributed by atoms with Gasteiger partial charge >= 0.3 is 17.9 Å². The third-order valence-electron chi connectivity index (χ3n) is 7.80. The van der Waals surface area contributed by atoms with Crippen LogP contribution in [0.1, 0.15) is 53.3 Å². The average Bonchev–Trinajstić information content (AvgIpc) is 3.30. The van der Waals surface area contributed by atoms with E-state index in [2.05, 4.69) is 16.7 Å². The molecule has 0 saturated heterocycles. The van der Waals surface area contributed by atoms with Gasteiger partial charge in [0.1, 0.15) is 12.4 Å². The van der Waals surface area contributed by atoms with Gasteiger partial charge in [0.2, 0.25) is 0 Å². The number of aryl methyl sites for hydroxylation is 1. The van der Waals surface area contributed by atoms with Crippen molar-refractivity contribution in [3.63, 3.8) is 0 Å². The second-order valence-electron chi connectivity index (χ2n) is 10.9. The molecule has 1 N–H and O–H groups in total. The van der Waals surface area contributed by atoms with Crippen molar-refractivity contribution in [3.05, 3.63) is 136 Å². The minimum atomic E-state index is -0.958. The molecule has 230 valence electrons. The van der Waals surface area contributed by atoms with Crippen LogP contribution in [0, 0.1) is 6.92 Å². The van der Waals surface area contributed by atoms with Crippen LogP contribution in [0.4, 0.5) is 0 Å². The zero-order chi connectivity index (χ0) is 31.8. The standard InChI is InChI=1S/C37H34ClNO6/c1-25-31(23-35(40)41)32-22-30(45-37(43)21-20-36(42)44-24-27-10-6-3-7-11-27)17-19-34(32)39(25)33(28-13-15-29(38)16-14-28)18-12-26-8-4-2-5-9-26/h2-11,13-17,19,22,33H,12,18,20-21,23-24H2,1H3,(H,40,41). The summed E-state index contributed by atoms with van der Waals surface area (Å²) >= 11 is 6.22. The zero-order valence-electron chi connectivity index (χ0n) is 24.9. The molecular formula is C37H34ClNO6. The number of fused-ring (bicyclic) bond motifs is 1. The largest absolute Gasteiger partial charge is 0.481 e. The number of carbonyl (C=O) groups is 3. The Hall–Kier alpha value is -4.88. The molecular weight excluding hydrogens is 590 g/mol. The van der Waals surface area contributed by atoms with Crippen LogP contribution in [0.2, 0.25) is 5.02 Å². The Balaban J connectivity index is 1.39. The molecule has 0 spiro atoms. The molecule has 0 amide bonds. The number of nitrogens with zero attached hydrogens (tertiary/aromatic N) is 1. The summed E-state index contributed by atoms with van der Waals surface area (Å²) in [4.78, 5) is 36.8. The normalized spacial score (nSPS) is 11.7. The molecule has 1 atom stereocenters. The van der Waals surface area contributed by atoms with Gasteiger partial charge in [0.05, 0.1) is 25.3 Å². The lowest BCUT2D eigenvalue weighted by Gasteiger charge is -2.23. The number of carboxylic acid groups (broad SMARTS) is 1. The van der Waals surface area contributed by atoms with Gasteiger partial charge < -0.3 is 19.1 Å². The Labute approximate surface area is 267 Å². The van der Waals surface area contributed by atoms with E-state index >= 15 is 0 Å². The van der Waals surface area contributed by atoms with E-state index in [4.69, 9.17) is 21.1 Å². The third kappa shape index (κ3) is 8.19. The van der Waals surface area contributed by atoms with Crippen LogP contribution in [0.15, 0.2) is 103 Å². The predicted molar refractivity (Wildman–Crippen MR) is 173 cm³/mol. The van der Waals surface area contributed by atoms with E-state index in [0.717, 1.165) is 35.2 Å². The monoisotopic (exact) mass is 623 g/mol. The molecule has 0 aliphatic carbocycles. The summed E-state index contributed by atoms with van der Waals surface area (Å²) in [6.45, 7) is 2.06. The Kier molecular flexibility index (Phi) is 10.3. The second-order valence-corrected chi connectivity index (χ2v) is 11.3. The number of hydrogen-bond donors (Lipinski definition) is 1. The van der Waals surface area contributed by atoms with E-state index in [1.54, 1.807) is 12.1 Å². The Morgan fingerprint density at radius 2 is 1.47 bits per heavy atom. The minimum Gasteiger partial charge on any atom is -0.481 e. The van der Waals surface area contributed by atoms with Gasteiger partial charge in [-0.2, -0.15) is 0 Å². The maximum absolute atomic E-state index is 12.7. The molecule has 7 nitrogen and oxygen atoms in total. The highest BCUT2D eigenvalue weighted by Gasteiger charge is 2.24. The fourth-order valence-corrected chi connectivity index (χ4v) is 5.73. The van der Waals surface area contributed by atoms with Crippen LogP contribution in [-0.4, -0.2) is 27.6 Å². The molecule has 4 aromatic carbocycles. The molecule has 45 heavy (non-hydrogen) atoms. The van der Waals surface area contributed by atoms with Crippen molar-refractivity contribution in [2.45, 2.75) is 51.7 Å². The van der Waals surface area contributed by atoms with Gasteiger partial charge in [0.25, 0.3) is 0 Å². The van der Waals surface area contributed by atoms with Crippen molar-refractivity contribution in [1.29, 1.82) is 0 Å². The molecule has 5 aromatic rings. The first kappa shape index (κ1) is 31.5. The zero-order valence-corrected chi connectivity index (χ0v) is 25.7. The molecule has 0 fully saturated rings. The highest BCUT2D eigenvalue weighted by molar-refractivity contribution is 6.30. The number of hydrogen-bond acceptors (Lipinski definition) is 5. The van der Waals surface area contributed by atoms with Crippen LogP contribution < -0.4 is 4.74 Å². The lowest BCUT2D eigenvalue weighted by atomic mass is 9.98.